The van der Waals surface area contributed by atoms with Gasteiger partial charge in [0.2, 0.25) is 0 Å². The molecule has 0 fully saturated rings. The van der Waals surface area contributed by atoms with Gasteiger partial charge in [-0.2, -0.15) is 0 Å². The Morgan fingerprint density at radius 3 is 2.16 bits per heavy atom. The zero-order chi connectivity index (χ0) is 14.4. The van der Waals surface area contributed by atoms with Gasteiger partial charge in [0.05, 0.1) is 5.56 Å². The molecule has 1 aromatic carbocycles. The summed E-state index contributed by atoms with van der Waals surface area (Å²) in [4.78, 5) is 10.7. The number of hydrogen-bond acceptors (Lipinski definition) is 4. The van der Waals surface area contributed by atoms with Crippen LogP contribution in [0.2, 0.25) is 0 Å². The Morgan fingerprint density at radius 2 is 1.74 bits per heavy atom. The molecule has 0 radical (unpaired) electrons. The van der Waals surface area contributed by atoms with Gasteiger partial charge in [-0.1, -0.05) is 12.1 Å². The Morgan fingerprint density at radius 1 is 1.21 bits per heavy atom. The van der Waals surface area contributed by atoms with E-state index in [-0.39, 0.29) is 11.4 Å². The number of carbonyl (C=O) groups is 1. The maximum atomic E-state index is 10.7. The Balaban J connectivity index is 2.94. The van der Waals surface area contributed by atoms with E-state index in [9.17, 15) is 4.79 Å². The zero-order valence-corrected chi connectivity index (χ0v) is 9.90. The lowest BCUT2D eigenvalue weighted by molar-refractivity contribution is 0.0697. The van der Waals surface area contributed by atoms with Crippen molar-refractivity contribution in [1.82, 2.24) is 5.32 Å². The van der Waals surface area contributed by atoms with Gasteiger partial charge in [0.1, 0.15) is 0 Å². The van der Waals surface area contributed by atoms with Crippen molar-refractivity contribution in [1.29, 1.82) is 16.2 Å². The van der Waals surface area contributed by atoms with Gasteiger partial charge in [-0.15, -0.1) is 0 Å². The molecule has 0 aliphatic carbocycles. The number of benzene rings is 1. The number of carboxylic acids is 1. The second kappa shape index (κ2) is 6.10. The van der Waals surface area contributed by atoms with Gasteiger partial charge in [0, 0.05) is 18.0 Å². The Hall–Kier alpha value is -2.96. The molecule has 7 heteroatoms. The third-order valence-electron chi connectivity index (χ3n) is 2.26. The van der Waals surface area contributed by atoms with Gasteiger partial charge in [-0.05, 0) is 17.7 Å². The first-order valence-corrected chi connectivity index (χ1v) is 5.19. The molecule has 0 aliphatic heterocycles. The fraction of sp³-hybridized carbons (Fsp3) is 0. The third-order valence-corrected chi connectivity index (χ3v) is 2.26. The second-order valence-electron chi connectivity index (χ2n) is 3.56. The molecule has 0 bridgehead atoms. The Kier molecular flexibility index (Phi) is 4.53. The van der Waals surface area contributed by atoms with Crippen LogP contribution in [0.3, 0.4) is 0 Å². The summed E-state index contributed by atoms with van der Waals surface area (Å²) in [5, 5.41) is 32.9. The minimum atomic E-state index is -1.02. The van der Waals surface area contributed by atoms with Crippen LogP contribution in [-0.4, -0.2) is 29.0 Å². The number of amidine groups is 2. The van der Waals surface area contributed by atoms with E-state index >= 15 is 0 Å². The van der Waals surface area contributed by atoms with Crippen LogP contribution >= 0.6 is 0 Å². The number of hydrogen-bond donors (Lipinski definition) is 6. The Labute approximate surface area is 109 Å². The lowest BCUT2D eigenvalue weighted by atomic mass is 10.1. The van der Waals surface area contributed by atoms with Crippen molar-refractivity contribution in [2.75, 3.05) is 0 Å². The molecule has 19 heavy (non-hydrogen) atoms. The van der Waals surface area contributed by atoms with E-state index in [0.29, 0.717) is 11.1 Å². The lowest BCUT2D eigenvalue weighted by Crippen LogP contribution is -2.31. The molecule has 0 heterocycles. The van der Waals surface area contributed by atoms with E-state index in [1.165, 1.54) is 18.3 Å². The normalized spacial score (nSPS) is 10.6. The summed E-state index contributed by atoms with van der Waals surface area (Å²) in [5.41, 5.74) is 6.30. The van der Waals surface area contributed by atoms with Gasteiger partial charge in [-0.3, -0.25) is 10.8 Å². The third kappa shape index (κ3) is 3.77. The molecule has 0 aliphatic rings. The smallest absolute Gasteiger partial charge is 0.335 e. The molecule has 0 spiro atoms. The first-order valence-electron chi connectivity index (χ1n) is 5.19. The molecule has 98 valence electrons. The zero-order valence-electron chi connectivity index (χ0n) is 9.90. The summed E-state index contributed by atoms with van der Waals surface area (Å²) >= 11 is 0. The molecule has 0 saturated carbocycles. The van der Waals surface area contributed by atoms with Gasteiger partial charge in [-0.25, -0.2) is 4.79 Å². The van der Waals surface area contributed by atoms with Crippen LogP contribution in [0, 0.1) is 16.2 Å². The highest BCUT2D eigenvalue weighted by Gasteiger charge is 2.04. The first kappa shape index (κ1) is 14.1. The second-order valence-corrected chi connectivity index (χ2v) is 3.56. The topological polar surface area (TPSA) is 147 Å². The monoisotopic (exact) mass is 259 g/mol. The molecule has 0 aromatic heterocycles. The number of allylic oxidation sites excluding steroid dienone is 1. The van der Waals surface area contributed by atoms with Crippen molar-refractivity contribution >= 4 is 29.4 Å². The molecule has 0 atom stereocenters. The van der Waals surface area contributed by atoms with E-state index in [1.54, 1.807) is 12.1 Å². The highest BCUT2D eigenvalue weighted by molar-refractivity contribution is 6.37. The molecule has 7 nitrogen and oxygen atoms in total. The quantitative estimate of drug-likeness (QED) is 0.351. The number of rotatable bonds is 4. The van der Waals surface area contributed by atoms with Crippen molar-refractivity contribution in [3.05, 3.63) is 41.6 Å². The summed E-state index contributed by atoms with van der Waals surface area (Å²) in [5.74, 6) is -1.72. The highest BCUT2D eigenvalue weighted by Crippen LogP contribution is 2.12. The van der Waals surface area contributed by atoms with Crippen LogP contribution in [0.25, 0.3) is 5.57 Å². The van der Waals surface area contributed by atoms with Gasteiger partial charge in [0.25, 0.3) is 0 Å². The van der Waals surface area contributed by atoms with Crippen LogP contribution in [-0.2, 0) is 0 Å². The molecular formula is C12H13N5O2. The SMILES string of the molecule is N=C/C(=C\NC(=N)C(=N)N)c1ccc(C(=O)O)cc1. The van der Waals surface area contributed by atoms with E-state index in [1.807, 2.05) is 0 Å². The van der Waals surface area contributed by atoms with Gasteiger partial charge < -0.3 is 21.6 Å². The number of aromatic carboxylic acids is 1. The summed E-state index contributed by atoms with van der Waals surface area (Å²) in [6.07, 6.45) is 2.41. The lowest BCUT2D eigenvalue weighted by Gasteiger charge is -2.05. The molecule has 1 aromatic rings. The van der Waals surface area contributed by atoms with Crippen molar-refractivity contribution in [3.8, 4) is 0 Å². The molecule has 0 amide bonds. The summed E-state index contributed by atoms with van der Waals surface area (Å²) in [7, 11) is 0. The largest absolute Gasteiger partial charge is 0.478 e. The Bertz CT molecular complexity index is 560. The van der Waals surface area contributed by atoms with Crippen molar-refractivity contribution < 1.29 is 9.90 Å². The summed E-state index contributed by atoms with van der Waals surface area (Å²) in [6, 6.07) is 5.95. The van der Waals surface area contributed by atoms with E-state index < -0.39 is 11.8 Å². The predicted octanol–water partition coefficient (Wildman–Crippen LogP) is 0.878. The maximum Gasteiger partial charge on any atom is 0.335 e. The number of carboxylic acid groups (broad SMARTS) is 1. The number of nitrogens with two attached hydrogens (primary N) is 1. The maximum absolute atomic E-state index is 10.7. The molecule has 0 saturated heterocycles. The average Bonchev–Trinajstić information content (AvgIpc) is 2.39. The summed E-state index contributed by atoms with van der Waals surface area (Å²) < 4.78 is 0. The van der Waals surface area contributed by atoms with Crippen molar-refractivity contribution in [3.63, 3.8) is 0 Å². The van der Waals surface area contributed by atoms with Crippen LogP contribution in [0.1, 0.15) is 15.9 Å². The standard InChI is InChI=1S/C12H13N5O2/c13-5-9(6-17-11(16)10(14)15)7-1-3-8(4-2-7)12(18)19/h1-6,13H,(H3,14,15)(H2,16,17)(H,18,19)/b9-6+,13-5?. The van der Waals surface area contributed by atoms with Crippen molar-refractivity contribution in [2.45, 2.75) is 0 Å². The van der Waals surface area contributed by atoms with E-state index in [2.05, 4.69) is 5.32 Å². The van der Waals surface area contributed by atoms with Crippen LogP contribution < -0.4 is 11.1 Å². The van der Waals surface area contributed by atoms with E-state index in [0.717, 1.165) is 6.21 Å². The van der Waals surface area contributed by atoms with Crippen LogP contribution in [0.5, 0.6) is 0 Å². The first-order chi connectivity index (χ1) is 8.95. The molecule has 7 N–H and O–H groups in total. The van der Waals surface area contributed by atoms with E-state index in [4.69, 9.17) is 27.1 Å². The fourth-order valence-electron chi connectivity index (χ4n) is 1.24. The average molecular weight is 259 g/mol. The molecule has 1 rings (SSSR count). The fourth-order valence-corrected chi connectivity index (χ4v) is 1.24. The molecule has 0 unspecified atom stereocenters. The van der Waals surface area contributed by atoms with Crippen molar-refractivity contribution in [2.24, 2.45) is 5.73 Å². The summed E-state index contributed by atoms with van der Waals surface area (Å²) in [6.45, 7) is 0. The number of nitrogens with one attached hydrogen (secondary N) is 4. The van der Waals surface area contributed by atoms with Crippen LogP contribution in [0.4, 0.5) is 0 Å². The minimum absolute atomic E-state index is 0.150. The van der Waals surface area contributed by atoms with Gasteiger partial charge >= 0.3 is 5.97 Å². The molecular weight excluding hydrogens is 246 g/mol. The minimum Gasteiger partial charge on any atom is -0.478 e. The van der Waals surface area contributed by atoms with Gasteiger partial charge in [0.15, 0.2) is 11.7 Å². The predicted molar refractivity (Wildman–Crippen MR) is 72.9 cm³/mol. The highest BCUT2D eigenvalue weighted by atomic mass is 16.4. The van der Waals surface area contributed by atoms with Crippen LogP contribution in [0.15, 0.2) is 30.5 Å².